The summed E-state index contributed by atoms with van der Waals surface area (Å²) in [7, 11) is -5.84. The van der Waals surface area contributed by atoms with E-state index >= 15 is 0 Å². The molecule has 0 atom stereocenters. The Labute approximate surface area is 206 Å². The van der Waals surface area contributed by atoms with Gasteiger partial charge >= 0.3 is 15.6 Å². The van der Waals surface area contributed by atoms with E-state index in [4.69, 9.17) is 13.0 Å². The zero-order chi connectivity index (χ0) is 25.7. The van der Waals surface area contributed by atoms with Crippen molar-refractivity contribution < 1.29 is 26.1 Å². The predicted octanol–water partition coefficient (Wildman–Crippen LogP) is 8.10. The molecule has 0 radical (unpaired) electrons. The summed E-state index contributed by atoms with van der Waals surface area (Å²) in [6.45, 7) is 8.12. The van der Waals surface area contributed by atoms with Crippen LogP contribution in [0.2, 0.25) is 0 Å². The lowest BCUT2D eigenvalue weighted by Gasteiger charge is -2.20. The summed E-state index contributed by atoms with van der Waals surface area (Å²) in [4.78, 5) is 4.89. The second-order valence-corrected chi connectivity index (χ2v) is 10.7. The van der Waals surface area contributed by atoms with E-state index in [1.807, 2.05) is 0 Å². The topological polar surface area (TPSA) is 60.9 Å². The molecule has 0 saturated carbocycles. The van der Waals surface area contributed by atoms with Gasteiger partial charge in [-0.05, 0) is 12.8 Å². The number of alkyl halides is 3. The van der Waals surface area contributed by atoms with Gasteiger partial charge < -0.3 is 9.80 Å². The lowest BCUT2D eigenvalue weighted by molar-refractivity contribution is -0.0510. The molecule has 0 unspecified atom stereocenters. The summed E-state index contributed by atoms with van der Waals surface area (Å²) in [6, 6.07) is 0. The summed E-state index contributed by atoms with van der Waals surface area (Å²) in [5.41, 5.74) is -5.53. The Hall–Kier alpha value is -0.960. The molecule has 34 heavy (non-hydrogen) atoms. The first-order valence-corrected chi connectivity index (χ1v) is 14.8. The molecular formula is C25H49F3N2O3S. The summed E-state index contributed by atoms with van der Waals surface area (Å²) >= 11 is 0. The molecule has 0 spiro atoms. The van der Waals surface area contributed by atoms with Gasteiger partial charge in [-0.3, -0.25) is 4.55 Å². The molecule has 0 aromatic heterocycles. The van der Waals surface area contributed by atoms with Crippen molar-refractivity contribution in [1.82, 2.24) is 9.80 Å². The molecular weight excluding hydrogens is 465 g/mol. The Morgan fingerprint density at radius 3 is 1.29 bits per heavy atom. The Kier molecular flexibility index (Phi) is 19.7. The van der Waals surface area contributed by atoms with Crippen molar-refractivity contribution in [2.24, 2.45) is 0 Å². The Bertz CT molecular complexity index is 599. The maximum atomic E-state index is 10.7. The fourth-order valence-electron chi connectivity index (χ4n) is 3.96. The average Bonchev–Trinajstić information content (AvgIpc) is 3.20. The van der Waals surface area contributed by atoms with Gasteiger partial charge in [0.15, 0.2) is 0 Å². The predicted molar refractivity (Wildman–Crippen MR) is 135 cm³/mol. The minimum atomic E-state index is -5.84. The van der Waals surface area contributed by atoms with Gasteiger partial charge in [-0.15, -0.1) is 0 Å². The molecule has 1 heterocycles. The number of hydrogen-bond donors (Lipinski definition) is 1. The highest BCUT2D eigenvalue weighted by Gasteiger charge is 2.44. The second kappa shape index (κ2) is 20.3. The van der Waals surface area contributed by atoms with E-state index < -0.39 is 15.6 Å². The van der Waals surface area contributed by atoms with Gasteiger partial charge in [0.2, 0.25) is 0 Å². The number of rotatable bonds is 19. The van der Waals surface area contributed by atoms with Crippen LogP contribution < -0.4 is 0 Å². The van der Waals surface area contributed by atoms with Gasteiger partial charge in [-0.2, -0.15) is 21.6 Å². The number of halogens is 3. The summed E-state index contributed by atoms with van der Waals surface area (Å²) in [5.74, 6) is 0. The van der Waals surface area contributed by atoms with Crippen molar-refractivity contribution in [3.8, 4) is 0 Å². The zero-order valence-corrected chi connectivity index (χ0v) is 22.3. The molecule has 1 aliphatic rings. The van der Waals surface area contributed by atoms with Crippen LogP contribution in [-0.4, -0.2) is 48.0 Å². The maximum Gasteiger partial charge on any atom is 0.522 e. The van der Waals surface area contributed by atoms with Crippen molar-refractivity contribution in [2.45, 2.75) is 129 Å². The van der Waals surface area contributed by atoms with Gasteiger partial charge in [0, 0.05) is 25.5 Å². The quantitative estimate of drug-likeness (QED) is 0.107. The van der Waals surface area contributed by atoms with E-state index in [9.17, 15) is 13.2 Å². The zero-order valence-electron chi connectivity index (χ0n) is 21.5. The van der Waals surface area contributed by atoms with E-state index in [1.54, 1.807) is 0 Å². The smallest absolute Gasteiger partial charge is 0.359 e. The van der Waals surface area contributed by atoms with Crippen molar-refractivity contribution in [1.29, 1.82) is 0 Å². The third-order valence-electron chi connectivity index (χ3n) is 5.95. The second-order valence-electron chi connectivity index (χ2n) is 9.29. The molecule has 0 amide bonds. The van der Waals surface area contributed by atoms with Crippen LogP contribution in [0.25, 0.3) is 0 Å². The lowest BCUT2D eigenvalue weighted by Crippen LogP contribution is -2.26. The summed E-state index contributed by atoms with van der Waals surface area (Å²) in [6.07, 6.45) is 29.0. The van der Waals surface area contributed by atoms with Crippen LogP contribution in [0.3, 0.4) is 0 Å². The minimum Gasteiger partial charge on any atom is -0.359 e. The molecule has 1 aliphatic heterocycles. The van der Waals surface area contributed by atoms with Crippen molar-refractivity contribution in [2.75, 3.05) is 19.8 Å². The van der Waals surface area contributed by atoms with Crippen molar-refractivity contribution in [3.05, 3.63) is 12.4 Å². The SMILES string of the molecule is CCCCCCCCCCCCCCCCCCN1C=CN(CCC)C1.O=S(=O)(O)C(F)(F)F. The van der Waals surface area contributed by atoms with E-state index in [0.29, 0.717) is 0 Å². The first-order chi connectivity index (χ1) is 16.1. The molecule has 0 aliphatic carbocycles. The summed E-state index contributed by atoms with van der Waals surface area (Å²) in [5, 5.41) is 0. The Morgan fingerprint density at radius 2 is 0.971 bits per heavy atom. The third kappa shape index (κ3) is 19.4. The molecule has 1 rings (SSSR count). The van der Waals surface area contributed by atoms with E-state index in [2.05, 4.69) is 36.0 Å². The molecule has 204 valence electrons. The van der Waals surface area contributed by atoms with E-state index in [1.165, 1.54) is 122 Å². The highest BCUT2D eigenvalue weighted by Crippen LogP contribution is 2.20. The molecule has 0 fully saturated rings. The largest absolute Gasteiger partial charge is 0.522 e. The fraction of sp³-hybridized carbons (Fsp3) is 0.920. The van der Waals surface area contributed by atoms with Crippen molar-refractivity contribution >= 4 is 10.1 Å². The molecule has 1 N–H and O–H groups in total. The Balaban J connectivity index is 0.00000116. The minimum absolute atomic E-state index is 1.12. The lowest BCUT2D eigenvalue weighted by atomic mass is 10.0. The van der Waals surface area contributed by atoms with E-state index in [-0.39, 0.29) is 0 Å². The fourth-order valence-corrected chi connectivity index (χ4v) is 3.96. The van der Waals surface area contributed by atoms with Crippen LogP contribution in [0, 0.1) is 0 Å². The first kappa shape index (κ1) is 33.0. The van der Waals surface area contributed by atoms with Gasteiger partial charge in [0.25, 0.3) is 0 Å². The maximum absolute atomic E-state index is 10.7. The summed E-state index contributed by atoms with van der Waals surface area (Å²) < 4.78 is 57.5. The standard InChI is InChI=1S/C24H48N2.CHF3O3S/c1-3-5-6-7-8-9-10-11-12-13-14-15-16-17-18-19-21-26-23-22-25(24-26)20-4-2;2-1(3,4)8(5,6)7/h22-23H,3-21,24H2,1-2H3;(H,5,6,7). The number of unbranched alkanes of at least 4 members (excludes halogenated alkanes) is 15. The average molecular weight is 515 g/mol. The van der Waals surface area contributed by atoms with Crippen LogP contribution in [0.5, 0.6) is 0 Å². The molecule has 0 aromatic carbocycles. The highest BCUT2D eigenvalue weighted by atomic mass is 32.2. The highest BCUT2D eigenvalue weighted by molar-refractivity contribution is 7.86. The van der Waals surface area contributed by atoms with Gasteiger partial charge in [-0.25, -0.2) is 0 Å². The van der Waals surface area contributed by atoms with Gasteiger partial charge in [-0.1, -0.05) is 110 Å². The molecule has 5 nitrogen and oxygen atoms in total. The first-order valence-electron chi connectivity index (χ1n) is 13.3. The monoisotopic (exact) mass is 514 g/mol. The molecule has 0 saturated heterocycles. The third-order valence-corrected chi connectivity index (χ3v) is 6.54. The normalized spacial score (nSPS) is 13.9. The van der Waals surface area contributed by atoms with Crippen LogP contribution in [-0.2, 0) is 10.1 Å². The van der Waals surface area contributed by atoms with Crippen LogP contribution in [0.1, 0.15) is 123 Å². The molecule has 0 bridgehead atoms. The van der Waals surface area contributed by atoms with Crippen LogP contribution in [0.15, 0.2) is 12.4 Å². The molecule has 0 aromatic rings. The van der Waals surface area contributed by atoms with E-state index in [0.717, 1.165) is 6.67 Å². The van der Waals surface area contributed by atoms with Crippen LogP contribution in [0.4, 0.5) is 13.2 Å². The molecule has 9 heteroatoms. The number of hydrogen-bond acceptors (Lipinski definition) is 4. The Morgan fingerprint density at radius 1 is 0.647 bits per heavy atom. The van der Waals surface area contributed by atoms with Crippen molar-refractivity contribution in [3.63, 3.8) is 0 Å². The van der Waals surface area contributed by atoms with Gasteiger partial charge in [0.05, 0.1) is 6.67 Å². The van der Waals surface area contributed by atoms with Gasteiger partial charge in [0.1, 0.15) is 0 Å². The number of nitrogens with zero attached hydrogens (tertiary/aromatic N) is 2. The van der Waals surface area contributed by atoms with Crippen LogP contribution >= 0.6 is 0 Å².